The Balaban J connectivity index is 2.88. The van der Waals surface area contributed by atoms with Gasteiger partial charge in [-0.05, 0) is 33.9 Å². The summed E-state index contributed by atoms with van der Waals surface area (Å²) in [5.41, 5.74) is 6.42. The van der Waals surface area contributed by atoms with Crippen LogP contribution in [-0.2, 0) is 31.6 Å². The predicted octanol–water partition coefficient (Wildman–Crippen LogP) is 2.71. The molecule has 0 atom stereocenters. The molecule has 1 aromatic carbocycles. The molecular formula is C21H30N2O5. The third kappa shape index (κ3) is 7.06. The van der Waals surface area contributed by atoms with Crippen LogP contribution < -0.4 is 10.9 Å². The van der Waals surface area contributed by atoms with E-state index in [1.807, 2.05) is 53.7 Å². The summed E-state index contributed by atoms with van der Waals surface area (Å²) in [4.78, 5) is 33.7. The van der Waals surface area contributed by atoms with Crippen molar-refractivity contribution >= 4 is 17.8 Å². The smallest absolute Gasteiger partial charge is 0.328 e. The monoisotopic (exact) mass is 390 g/mol. The average Bonchev–Trinajstić information content (AvgIpc) is 2.54. The number of phenolic OH excluding ortho intramolecular Hbond substituents is 1. The van der Waals surface area contributed by atoms with Crippen molar-refractivity contribution in [2.75, 3.05) is 0 Å². The molecular weight excluding hydrogens is 360 g/mol. The molecule has 1 aromatic rings. The lowest BCUT2D eigenvalue weighted by Gasteiger charge is -2.28. The number of carbonyl (C=O) groups is 3. The number of aryl methyl sites for hydroxylation is 1. The zero-order valence-electron chi connectivity index (χ0n) is 17.3. The van der Waals surface area contributed by atoms with Crippen molar-refractivity contribution < 1.29 is 24.6 Å². The first-order chi connectivity index (χ1) is 12.7. The van der Waals surface area contributed by atoms with E-state index >= 15 is 0 Å². The largest absolute Gasteiger partial charge is 0.507 e. The third-order valence-electron chi connectivity index (χ3n) is 4.13. The van der Waals surface area contributed by atoms with Crippen LogP contribution in [0.15, 0.2) is 24.3 Å². The van der Waals surface area contributed by atoms with Crippen LogP contribution in [0.4, 0.5) is 0 Å². The van der Waals surface area contributed by atoms with E-state index in [1.165, 1.54) is 0 Å². The van der Waals surface area contributed by atoms with Crippen molar-refractivity contribution in [3.63, 3.8) is 0 Å². The number of rotatable bonds is 5. The van der Waals surface area contributed by atoms with E-state index in [1.54, 1.807) is 0 Å². The summed E-state index contributed by atoms with van der Waals surface area (Å²) in [7, 11) is 0. The summed E-state index contributed by atoms with van der Waals surface area (Å²) < 4.78 is 0. The van der Waals surface area contributed by atoms with Crippen molar-refractivity contribution in [3.8, 4) is 5.75 Å². The van der Waals surface area contributed by atoms with Crippen molar-refractivity contribution in [1.82, 2.24) is 10.9 Å². The van der Waals surface area contributed by atoms with Gasteiger partial charge in [-0.1, -0.05) is 53.7 Å². The van der Waals surface area contributed by atoms with Crippen LogP contribution in [0, 0.1) is 0 Å². The van der Waals surface area contributed by atoms with Gasteiger partial charge in [-0.25, -0.2) is 4.79 Å². The second-order valence-electron chi connectivity index (χ2n) is 8.75. The summed E-state index contributed by atoms with van der Waals surface area (Å²) in [6, 6.07) is 3.82. The van der Waals surface area contributed by atoms with E-state index in [2.05, 4.69) is 10.9 Å². The van der Waals surface area contributed by atoms with Crippen LogP contribution in [0.5, 0.6) is 5.75 Å². The molecule has 0 aliphatic rings. The van der Waals surface area contributed by atoms with E-state index in [0.717, 1.165) is 22.8 Å². The molecule has 154 valence electrons. The fourth-order valence-corrected chi connectivity index (χ4v) is 2.62. The van der Waals surface area contributed by atoms with Gasteiger partial charge in [0.05, 0.1) is 0 Å². The Bertz CT molecular complexity index is 748. The lowest BCUT2D eigenvalue weighted by Crippen LogP contribution is -2.40. The molecule has 0 radical (unpaired) electrons. The molecule has 1 rings (SSSR count). The van der Waals surface area contributed by atoms with Gasteiger partial charge in [0.2, 0.25) is 5.91 Å². The first-order valence-electron chi connectivity index (χ1n) is 9.08. The van der Waals surface area contributed by atoms with E-state index in [-0.39, 0.29) is 23.0 Å². The van der Waals surface area contributed by atoms with Gasteiger partial charge in [0.15, 0.2) is 0 Å². The van der Waals surface area contributed by atoms with Crippen LogP contribution in [-0.4, -0.2) is 28.0 Å². The number of aliphatic carboxylic acids is 1. The standard InChI is InChI=1S/C21H30N2O5/c1-20(2,3)14-11-13(12-15(19(14)28)21(4,5)6)7-8-16(24)22-23-17(25)9-10-18(26)27/h9-12,28H,7-8H2,1-6H3,(H,22,24)(H,23,25)(H,26,27). The zero-order chi connectivity index (χ0) is 21.7. The quantitative estimate of drug-likeness (QED) is 0.456. The molecule has 0 saturated heterocycles. The van der Waals surface area contributed by atoms with Crippen molar-refractivity contribution in [2.45, 2.75) is 65.2 Å². The number of phenols is 1. The van der Waals surface area contributed by atoms with Crippen molar-refractivity contribution in [1.29, 1.82) is 0 Å². The fraction of sp³-hybridized carbons (Fsp3) is 0.476. The molecule has 0 saturated carbocycles. The molecule has 0 unspecified atom stereocenters. The zero-order valence-corrected chi connectivity index (χ0v) is 17.3. The molecule has 0 heterocycles. The minimum atomic E-state index is -1.25. The normalized spacial score (nSPS) is 12.1. The Hall–Kier alpha value is -2.83. The molecule has 0 aliphatic carbocycles. The highest BCUT2D eigenvalue weighted by Gasteiger charge is 2.26. The minimum Gasteiger partial charge on any atom is -0.507 e. The lowest BCUT2D eigenvalue weighted by molar-refractivity contribution is -0.131. The van der Waals surface area contributed by atoms with Gasteiger partial charge in [-0.3, -0.25) is 20.4 Å². The van der Waals surface area contributed by atoms with E-state index in [9.17, 15) is 19.5 Å². The first-order valence-corrected chi connectivity index (χ1v) is 9.08. The number of carboxylic acid groups (broad SMARTS) is 1. The number of amides is 2. The Morgan fingerprint density at radius 2 is 1.43 bits per heavy atom. The Kier molecular flexibility index (Phi) is 7.38. The summed E-state index contributed by atoms with van der Waals surface area (Å²) in [5, 5.41) is 19.2. The second-order valence-corrected chi connectivity index (χ2v) is 8.75. The lowest BCUT2D eigenvalue weighted by atomic mass is 9.78. The predicted molar refractivity (Wildman–Crippen MR) is 107 cm³/mol. The summed E-state index contributed by atoms with van der Waals surface area (Å²) in [6.45, 7) is 12.1. The van der Waals surface area contributed by atoms with Gasteiger partial charge in [0, 0.05) is 18.6 Å². The topological polar surface area (TPSA) is 116 Å². The van der Waals surface area contributed by atoms with Crippen molar-refractivity contribution in [3.05, 3.63) is 41.0 Å². The Morgan fingerprint density at radius 3 is 1.86 bits per heavy atom. The average molecular weight is 390 g/mol. The summed E-state index contributed by atoms with van der Waals surface area (Å²) in [6.07, 6.45) is 2.05. The number of hydrogen-bond acceptors (Lipinski definition) is 4. The molecule has 4 N–H and O–H groups in total. The maximum atomic E-state index is 12.0. The number of hydrogen-bond donors (Lipinski definition) is 4. The number of nitrogens with one attached hydrogen (secondary N) is 2. The number of benzene rings is 1. The number of aromatic hydroxyl groups is 1. The highest BCUT2D eigenvalue weighted by molar-refractivity contribution is 5.94. The van der Waals surface area contributed by atoms with Gasteiger partial charge in [-0.15, -0.1) is 0 Å². The minimum absolute atomic E-state index is 0.126. The van der Waals surface area contributed by atoms with Crippen LogP contribution in [0.3, 0.4) is 0 Å². The fourth-order valence-electron chi connectivity index (χ4n) is 2.62. The van der Waals surface area contributed by atoms with Gasteiger partial charge < -0.3 is 10.2 Å². The summed E-state index contributed by atoms with van der Waals surface area (Å²) >= 11 is 0. The molecule has 28 heavy (non-hydrogen) atoms. The molecule has 0 aromatic heterocycles. The maximum Gasteiger partial charge on any atom is 0.328 e. The number of carbonyl (C=O) groups excluding carboxylic acids is 2. The molecule has 0 aliphatic heterocycles. The third-order valence-corrected chi connectivity index (χ3v) is 4.13. The van der Waals surface area contributed by atoms with Crippen LogP contribution in [0.1, 0.15) is 64.7 Å². The Morgan fingerprint density at radius 1 is 0.929 bits per heavy atom. The SMILES string of the molecule is CC(C)(C)c1cc(CCC(=O)NNC(=O)C=CC(=O)O)cc(C(C)(C)C)c1O. The van der Waals surface area contributed by atoms with Crippen molar-refractivity contribution in [2.24, 2.45) is 0 Å². The number of carboxylic acids is 1. The molecule has 0 spiro atoms. The van der Waals surface area contributed by atoms with Gasteiger partial charge in [0.1, 0.15) is 5.75 Å². The van der Waals surface area contributed by atoms with Crippen LogP contribution in [0.25, 0.3) is 0 Å². The first kappa shape index (κ1) is 23.2. The van der Waals surface area contributed by atoms with Gasteiger partial charge in [0.25, 0.3) is 5.91 Å². The van der Waals surface area contributed by atoms with E-state index in [4.69, 9.17) is 5.11 Å². The van der Waals surface area contributed by atoms with Crippen LogP contribution >= 0.6 is 0 Å². The van der Waals surface area contributed by atoms with Crippen LogP contribution in [0.2, 0.25) is 0 Å². The van der Waals surface area contributed by atoms with E-state index < -0.39 is 17.8 Å². The maximum absolute atomic E-state index is 12.0. The molecule has 2 amide bonds. The molecule has 0 bridgehead atoms. The highest BCUT2D eigenvalue weighted by Crippen LogP contribution is 2.39. The van der Waals surface area contributed by atoms with Gasteiger partial charge in [-0.2, -0.15) is 0 Å². The molecule has 7 nitrogen and oxygen atoms in total. The Labute approximate surface area is 165 Å². The second kappa shape index (κ2) is 8.91. The molecule has 7 heteroatoms. The van der Waals surface area contributed by atoms with E-state index in [0.29, 0.717) is 12.5 Å². The number of hydrazine groups is 1. The highest BCUT2D eigenvalue weighted by atomic mass is 16.4. The molecule has 0 fully saturated rings. The summed E-state index contributed by atoms with van der Waals surface area (Å²) in [5.74, 6) is -2.10. The van der Waals surface area contributed by atoms with Gasteiger partial charge >= 0.3 is 5.97 Å².